The lowest BCUT2D eigenvalue weighted by atomic mass is 10.1. The van der Waals surface area contributed by atoms with Crippen molar-refractivity contribution in [2.24, 2.45) is 5.73 Å². The van der Waals surface area contributed by atoms with Gasteiger partial charge in [0.15, 0.2) is 0 Å². The lowest BCUT2D eigenvalue weighted by Gasteiger charge is -2.23. The van der Waals surface area contributed by atoms with Crippen LogP contribution in [-0.2, 0) is 11.2 Å². The lowest BCUT2D eigenvalue weighted by molar-refractivity contribution is -0.131. The van der Waals surface area contributed by atoms with Crippen LogP contribution in [-0.4, -0.2) is 37.0 Å². The summed E-state index contributed by atoms with van der Waals surface area (Å²) in [4.78, 5) is 14.4. The van der Waals surface area contributed by atoms with E-state index in [4.69, 9.17) is 14.9 Å². The summed E-state index contributed by atoms with van der Waals surface area (Å²) in [7, 11) is 1.62. The minimum absolute atomic E-state index is 0. The first-order chi connectivity index (χ1) is 10.2. The summed E-state index contributed by atoms with van der Waals surface area (Å²) in [6, 6.07) is 5.84. The molecule has 1 fully saturated rings. The Balaban J connectivity index is 0.00000176. The fourth-order valence-electron chi connectivity index (χ4n) is 3.00. The normalized spacial score (nSPS) is 17.5. The topological polar surface area (TPSA) is 68.7 Å². The Hall–Kier alpha value is -1.72. The summed E-state index contributed by atoms with van der Waals surface area (Å²) >= 11 is 0. The van der Waals surface area contributed by atoms with E-state index in [1.54, 1.807) is 13.4 Å². The van der Waals surface area contributed by atoms with Gasteiger partial charge in [-0.15, -0.1) is 12.4 Å². The molecule has 1 aromatic carbocycles. The van der Waals surface area contributed by atoms with E-state index in [1.165, 1.54) is 0 Å². The van der Waals surface area contributed by atoms with Crippen molar-refractivity contribution in [1.29, 1.82) is 0 Å². The molecule has 1 amide bonds. The van der Waals surface area contributed by atoms with E-state index in [9.17, 15) is 4.79 Å². The van der Waals surface area contributed by atoms with Crippen LogP contribution in [0.5, 0.6) is 5.75 Å². The Morgan fingerprint density at radius 3 is 3.05 bits per heavy atom. The standard InChI is InChI=1S/C16H20N2O3.ClH/c1-20-13-4-5-14-11(10-21-15(14)8-13)7-16(19)18-6-2-3-12(18)9-17;/h4-5,8,10,12H,2-3,6-7,9,17H2,1H3;1H. The van der Waals surface area contributed by atoms with E-state index in [1.807, 2.05) is 23.1 Å². The van der Waals surface area contributed by atoms with Gasteiger partial charge < -0.3 is 19.8 Å². The van der Waals surface area contributed by atoms with E-state index >= 15 is 0 Å². The second kappa shape index (κ2) is 7.03. The second-order valence-corrected chi connectivity index (χ2v) is 5.42. The fourth-order valence-corrected chi connectivity index (χ4v) is 3.00. The van der Waals surface area contributed by atoms with E-state index in [2.05, 4.69) is 0 Å². The van der Waals surface area contributed by atoms with E-state index in [0.29, 0.717) is 13.0 Å². The smallest absolute Gasteiger partial charge is 0.227 e. The third-order valence-electron chi connectivity index (χ3n) is 4.17. The summed E-state index contributed by atoms with van der Waals surface area (Å²) in [5, 5.41) is 0.965. The molecular weight excluding hydrogens is 304 g/mol. The molecule has 0 saturated carbocycles. The molecule has 6 heteroatoms. The van der Waals surface area contributed by atoms with Crippen LogP contribution in [0.4, 0.5) is 0 Å². The largest absolute Gasteiger partial charge is 0.497 e. The van der Waals surface area contributed by atoms with Crippen LogP contribution >= 0.6 is 12.4 Å². The zero-order valence-corrected chi connectivity index (χ0v) is 13.4. The van der Waals surface area contributed by atoms with Gasteiger partial charge in [0.05, 0.1) is 19.8 Å². The molecule has 1 aliphatic rings. The van der Waals surface area contributed by atoms with Gasteiger partial charge in [-0.25, -0.2) is 0 Å². The number of rotatable bonds is 4. The number of nitrogens with zero attached hydrogens (tertiary/aromatic N) is 1. The van der Waals surface area contributed by atoms with Gasteiger partial charge in [-0.05, 0) is 25.0 Å². The van der Waals surface area contributed by atoms with Crippen molar-refractivity contribution in [2.75, 3.05) is 20.2 Å². The highest BCUT2D eigenvalue weighted by atomic mass is 35.5. The quantitative estimate of drug-likeness (QED) is 0.937. The average molecular weight is 325 g/mol. The maximum Gasteiger partial charge on any atom is 0.227 e. The third-order valence-corrected chi connectivity index (χ3v) is 4.17. The molecule has 1 saturated heterocycles. The molecular formula is C16H21ClN2O3. The van der Waals surface area contributed by atoms with Crippen molar-refractivity contribution in [1.82, 2.24) is 4.90 Å². The summed E-state index contributed by atoms with van der Waals surface area (Å²) in [5.41, 5.74) is 7.39. The molecule has 22 heavy (non-hydrogen) atoms. The predicted octanol–water partition coefficient (Wildman–Crippen LogP) is 2.36. The number of hydrogen-bond acceptors (Lipinski definition) is 4. The molecule has 5 nitrogen and oxygen atoms in total. The average Bonchev–Trinajstić information content (AvgIpc) is 3.13. The molecule has 0 bridgehead atoms. The Morgan fingerprint density at radius 1 is 1.50 bits per heavy atom. The van der Waals surface area contributed by atoms with Crippen LogP contribution in [0.2, 0.25) is 0 Å². The Morgan fingerprint density at radius 2 is 2.32 bits per heavy atom. The minimum atomic E-state index is 0. The van der Waals surface area contributed by atoms with Crippen LogP contribution in [0.15, 0.2) is 28.9 Å². The molecule has 2 N–H and O–H groups in total. The molecule has 1 aromatic heterocycles. The van der Waals surface area contributed by atoms with Gasteiger partial charge in [-0.2, -0.15) is 0 Å². The third kappa shape index (κ3) is 3.05. The highest BCUT2D eigenvalue weighted by Gasteiger charge is 2.27. The number of halogens is 1. The number of methoxy groups -OCH3 is 1. The molecule has 2 aromatic rings. The van der Waals surface area contributed by atoms with Gasteiger partial charge in [0.2, 0.25) is 5.91 Å². The van der Waals surface area contributed by atoms with Gasteiger partial charge in [-0.1, -0.05) is 0 Å². The molecule has 1 atom stereocenters. The van der Waals surface area contributed by atoms with Gasteiger partial charge in [0, 0.05) is 36.1 Å². The summed E-state index contributed by atoms with van der Waals surface area (Å²) in [6.45, 7) is 1.35. The molecule has 0 radical (unpaired) electrons. The van der Waals surface area contributed by atoms with Crippen molar-refractivity contribution >= 4 is 29.3 Å². The van der Waals surface area contributed by atoms with Gasteiger partial charge in [-0.3, -0.25) is 4.79 Å². The molecule has 120 valence electrons. The number of likely N-dealkylation sites (tertiary alicyclic amines) is 1. The number of carbonyl (C=O) groups is 1. The molecule has 0 aliphatic carbocycles. The van der Waals surface area contributed by atoms with Gasteiger partial charge >= 0.3 is 0 Å². The number of hydrogen-bond donors (Lipinski definition) is 1. The summed E-state index contributed by atoms with van der Waals surface area (Å²) in [5.74, 6) is 0.874. The van der Waals surface area contributed by atoms with Crippen molar-refractivity contribution in [3.8, 4) is 5.75 Å². The number of amides is 1. The Kier molecular flexibility index (Phi) is 5.32. The van der Waals surface area contributed by atoms with E-state index < -0.39 is 0 Å². The zero-order chi connectivity index (χ0) is 14.8. The first kappa shape index (κ1) is 16.6. The number of nitrogens with two attached hydrogens (primary N) is 1. The molecule has 1 aliphatic heterocycles. The SMILES string of the molecule is COc1ccc2c(CC(=O)N3CCCC3CN)coc2c1.Cl. The van der Waals surface area contributed by atoms with Crippen LogP contribution in [0.1, 0.15) is 18.4 Å². The van der Waals surface area contributed by atoms with Crippen LogP contribution in [0.25, 0.3) is 11.0 Å². The first-order valence-corrected chi connectivity index (χ1v) is 7.26. The van der Waals surface area contributed by atoms with E-state index in [-0.39, 0.29) is 24.4 Å². The molecule has 0 spiro atoms. The van der Waals surface area contributed by atoms with Crippen molar-refractivity contribution in [2.45, 2.75) is 25.3 Å². The predicted molar refractivity (Wildman–Crippen MR) is 87.5 cm³/mol. The Labute approximate surface area is 135 Å². The maximum absolute atomic E-state index is 12.5. The first-order valence-electron chi connectivity index (χ1n) is 7.26. The maximum atomic E-state index is 12.5. The van der Waals surface area contributed by atoms with Crippen LogP contribution in [0, 0.1) is 0 Å². The summed E-state index contributed by atoms with van der Waals surface area (Å²) < 4.78 is 10.7. The highest BCUT2D eigenvalue weighted by Crippen LogP contribution is 2.27. The van der Waals surface area contributed by atoms with Gasteiger partial charge in [0.1, 0.15) is 11.3 Å². The molecule has 2 heterocycles. The molecule has 1 unspecified atom stereocenters. The molecule has 3 rings (SSSR count). The van der Waals surface area contributed by atoms with Crippen molar-refractivity contribution in [3.63, 3.8) is 0 Å². The van der Waals surface area contributed by atoms with Crippen molar-refractivity contribution < 1.29 is 13.9 Å². The number of furan rings is 1. The minimum Gasteiger partial charge on any atom is -0.497 e. The zero-order valence-electron chi connectivity index (χ0n) is 12.6. The Bertz CT molecular complexity index is 656. The number of fused-ring (bicyclic) bond motifs is 1. The number of benzene rings is 1. The lowest BCUT2D eigenvalue weighted by Crippen LogP contribution is -2.40. The monoisotopic (exact) mass is 324 g/mol. The highest BCUT2D eigenvalue weighted by molar-refractivity contribution is 5.88. The number of ether oxygens (including phenoxy) is 1. The van der Waals surface area contributed by atoms with Crippen LogP contribution in [0.3, 0.4) is 0 Å². The van der Waals surface area contributed by atoms with Crippen LogP contribution < -0.4 is 10.5 Å². The number of carbonyl (C=O) groups excluding carboxylic acids is 1. The second-order valence-electron chi connectivity index (χ2n) is 5.42. The fraction of sp³-hybridized carbons (Fsp3) is 0.438. The summed E-state index contributed by atoms with van der Waals surface area (Å²) in [6.07, 6.45) is 4.06. The van der Waals surface area contributed by atoms with Crippen molar-refractivity contribution in [3.05, 3.63) is 30.0 Å². The van der Waals surface area contributed by atoms with E-state index in [0.717, 1.165) is 41.7 Å². The van der Waals surface area contributed by atoms with Gasteiger partial charge in [0.25, 0.3) is 0 Å².